The van der Waals surface area contributed by atoms with Crippen LogP contribution in [0.3, 0.4) is 0 Å². The molecule has 0 bridgehead atoms. The Balaban J connectivity index is 0.00000385. The lowest BCUT2D eigenvalue weighted by Gasteiger charge is -2.34. The van der Waals surface area contributed by atoms with Gasteiger partial charge in [-0.3, -0.25) is 9.89 Å². The Kier molecular flexibility index (Phi) is 12.4. The third-order valence-electron chi connectivity index (χ3n) is 6.71. The fourth-order valence-electron chi connectivity index (χ4n) is 4.49. The zero-order chi connectivity index (χ0) is 22.9. The molecule has 0 saturated carbocycles. The van der Waals surface area contributed by atoms with Crippen LogP contribution in [0.25, 0.3) is 0 Å². The van der Waals surface area contributed by atoms with Crippen molar-refractivity contribution >= 4 is 29.9 Å². The summed E-state index contributed by atoms with van der Waals surface area (Å²) in [5.41, 5.74) is 1.00. The molecule has 9 heteroatoms. The standard InChI is InChI=1S/C24H44N6O2.HI/c1-18(2)31-15-14-29-12-8-22(9-13-29)28-24(25-5)26-16-21-6-10-30(11-7-21)17-23-27-19(3)20(4)32-23;/h18,21-22H,6-17H2,1-5H3,(H2,25,26,28);1H. The van der Waals surface area contributed by atoms with E-state index in [4.69, 9.17) is 9.15 Å². The SMILES string of the molecule is CN=C(NCC1CCN(Cc2nc(C)c(C)o2)CC1)NC1CCN(CCOC(C)C)CC1.I. The first-order valence-corrected chi connectivity index (χ1v) is 12.4. The van der Waals surface area contributed by atoms with Gasteiger partial charge in [-0.2, -0.15) is 0 Å². The number of piperidine rings is 2. The molecular weight excluding hydrogens is 531 g/mol. The second kappa shape index (κ2) is 14.5. The third-order valence-corrected chi connectivity index (χ3v) is 6.71. The molecule has 0 atom stereocenters. The number of aryl methyl sites for hydroxylation is 2. The number of hydrogen-bond acceptors (Lipinski definition) is 6. The number of hydrogen-bond donors (Lipinski definition) is 2. The molecule has 0 spiro atoms. The summed E-state index contributed by atoms with van der Waals surface area (Å²) in [5, 5.41) is 7.21. The Bertz CT molecular complexity index is 690. The molecule has 33 heavy (non-hydrogen) atoms. The highest BCUT2D eigenvalue weighted by atomic mass is 127. The Morgan fingerprint density at radius 1 is 1.12 bits per heavy atom. The number of likely N-dealkylation sites (tertiary alicyclic amines) is 2. The van der Waals surface area contributed by atoms with Crippen molar-refractivity contribution in [1.29, 1.82) is 0 Å². The molecule has 0 radical (unpaired) electrons. The summed E-state index contributed by atoms with van der Waals surface area (Å²) in [6, 6.07) is 0.498. The molecule has 0 amide bonds. The van der Waals surface area contributed by atoms with Crippen LogP contribution >= 0.6 is 24.0 Å². The van der Waals surface area contributed by atoms with Gasteiger partial charge in [0, 0.05) is 39.3 Å². The van der Waals surface area contributed by atoms with E-state index in [-0.39, 0.29) is 24.0 Å². The quantitative estimate of drug-likeness (QED) is 0.266. The van der Waals surface area contributed by atoms with Crippen molar-refractivity contribution in [3.05, 3.63) is 17.3 Å². The summed E-state index contributed by atoms with van der Waals surface area (Å²) in [6.45, 7) is 16.3. The maximum absolute atomic E-state index is 5.75. The van der Waals surface area contributed by atoms with Gasteiger partial charge in [0.15, 0.2) is 5.96 Å². The molecule has 1 aromatic heterocycles. The number of rotatable bonds is 9. The van der Waals surface area contributed by atoms with Crippen LogP contribution in [0.4, 0.5) is 0 Å². The second-order valence-electron chi connectivity index (χ2n) is 9.60. The first-order valence-electron chi connectivity index (χ1n) is 12.4. The van der Waals surface area contributed by atoms with Crippen LogP contribution in [-0.4, -0.2) is 85.8 Å². The fourth-order valence-corrected chi connectivity index (χ4v) is 4.49. The lowest BCUT2D eigenvalue weighted by atomic mass is 9.97. The van der Waals surface area contributed by atoms with Crippen molar-refractivity contribution in [2.24, 2.45) is 10.9 Å². The molecule has 0 aromatic carbocycles. The lowest BCUT2D eigenvalue weighted by molar-refractivity contribution is 0.0532. The van der Waals surface area contributed by atoms with Gasteiger partial charge in [-0.05, 0) is 72.4 Å². The van der Waals surface area contributed by atoms with Crippen molar-refractivity contribution in [1.82, 2.24) is 25.4 Å². The summed E-state index contributed by atoms with van der Waals surface area (Å²) in [6.07, 6.45) is 5.01. The van der Waals surface area contributed by atoms with Crippen LogP contribution in [0, 0.1) is 19.8 Å². The van der Waals surface area contributed by atoms with E-state index in [9.17, 15) is 0 Å². The Labute approximate surface area is 217 Å². The number of aliphatic imine (C=N–C) groups is 1. The number of oxazole rings is 1. The van der Waals surface area contributed by atoms with Gasteiger partial charge >= 0.3 is 0 Å². The molecule has 0 unspecified atom stereocenters. The molecular formula is C24H45IN6O2. The molecule has 8 nitrogen and oxygen atoms in total. The van der Waals surface area contributed by atoms with Crippen molar-refractivity contribution in [3.8, 4) is 0 Å². The van der Waals surface area contributed by atoms with Gasteiger partial charge in [0.25, 0.3) is 0 Å². The molecule has 3 rings (SSSR count). The van der Waals surface area contributed by atoms with Crippen LogP contribution in [0.2, 0.25) is 0 Å². The van der Waals surface area contributed by atoms with Crippen LogP contribution < -0.4 is 10.6 Å². The van der Waals surface area contributed by atoms with Crippen LogP contribution in [0.1, 0.15) is 56.9 Å². The summed E-state index contributed by atoms with van der Waals surface area (Å²) >= 11 is 0. The largest absolute Gasteiger partial charge is 0.444 e. The smallest absolute Gasteiger partial charge is 0.208 e. The number of nitrogens with one attached hydrogen (secondary N) is 2. The Morgan fingerprint density at radius 2 is 1.79 bits per heavy atom. The first kappa shape index (κ1) is 28.3. The molecule has 190 valence electrons. The number of ether oxygens (including phenoxy) is 1. The topological polar surface area (TPSA) is 78.2 Å². The predicted molar refractivity (Wildman–Crippen MR) is 144 cm³/mol. The van der Waals surface area contributed by atoms with E-state index in [0.717, 1.165) is 88.6 Å². The van der Waals surface area contributed by atoms with E-state index < -0.39 is 0 Å². The van der Waals surface area contributed by atoms with E-state index in [1.807, 2.05) is 20.9 Å². The highest BCUT2D eigenvalue weighted by Crippen LogP contribution is 2.19. The molecule has 2 aliphatic rings. The maximum Gasteiger partial charge on any atom is 0.208 e. The fraction of sp³-hybridized carbons (Fsp3) is 0.833. The van der Waals surface area contributed by atoms with E-state index in [1.54, 1.807) is 0 Å². The monoisotopic (exact) mass is 576 g/mol. The summed E-state index contributed by atoms with van der Waals surface area (Å²) in [7, 11) is 1.87. The van der Waals surface area contributed by atoms with Gasteiger partial charge in [0.2, 0.25) is 5.89 Å². The molecule has 3 heterocycles. The van der Waals surface area contributed by atoms with E-state index in [0.29, 0.717) is 18.1 Å². The molecule has 2 aliphatic heterocycles. The molecule has 1 aromatic rings. The number of guanidine groups is 1. The summed E-state index contributed by atoms with van der Waals surface area (Å²) < 4.78 is 11.4. The zero-order valence-corrected chi connectivity index (χ0v) is 23.6. The minimum atomic E-state index is 0. The number of halogens is 1. The highest BCUT2D eigenvalue weighted by molar-refractivity contribution is 14.0. The van der Waals surface area contributed by atoms with Gasteiger partial charge in [0.05, 0.1) is 24.9 Å². The van der Waals surface area contributed by atoms with Crippen molar-refractivity contribution in [2.45, 2.75) is 72.1 Å². The summed E-state index contributed by atoms with van der Waals surface area (Å²) in [5.74, 6) is 3.41. The minimum Gasteiger partial charge on any atom is -0.444 e. The van der Waals surface area contributed by atoms with Crippen LogP contribution in [0.15, 0.2) is 9.41 Å². The van der Waals surface area contributed by atoms with Gasteiger partial charge < -0.3 is 24.7 Å². The Hall–Kier alpha value is -0.910. The van der Waals surface area contributed by atoms with Crippen LogP contribution in [0.5, 0.6) is 0 Å². The van der Waals surface area contributed by atoms with Crippen LogP contribution in [-0.2, 0) is 11.3 Å². The molecule has 2 fully saturated rings. The molecule has 2 saturated heterocycles. The normalized spacial score (nSPS) is 19.6. The van der Waals surface area contributed by atoms with Crippen molar-refractivity contribution < 1.29 is 9.15 Å². The van der Waals surface area contributed by atoms with Crippen molar-refractivity contribution in [2.75, 3.05) is 52.9 Å². The average Bonchev–Trinajstić information content (AvgIpc) is 3.09. The predicted octanol–water partition coefficient (Wildman–Crippen LogP) is 3.18. The van der Waals surface area contributed by atoms with Gasteiger partial charge in [-0.25, -0.2) is 4.98 Å². The van der Waals surface area contributed by atoms with Crippen molar-refractivity contribution in [3.63, 3.8) is 0 Å². The van der Waals surface area contributed by atoms with Gasteiger partial charge in [-0.15, -0.1) is 24.0 Å². The highest BCUT2D eigenvalue weighted by Gasteiger charge is 2.23. The minimum absolute atomic E-state index is 0. The first-order chi connectivity index (χ1) is 15.4. The maximum atomic E-state index is 5.75. The molecule has 0 aliphatic carbocycles. The number of aromatic nitrogens is 1. The van der Waals surface area contributed by atoms with Gasteiger partial charge in [-0.1, -0.05) is 0 Å². The lowest BCUT2D eigenvalue weighted by Crippen LogP contribution is -2.50. The zero-order valence-electron chi connectivity index (χ0n) is 21.2. The summed E-state index contributed by atoms with van der Waals surface area (Å²) in [4.78, 5) is 13.9. The van der Waals surface area contributed by atoms with Gasteiger partial charge in [0.1, 0.15) is 5.76 Å². The van der Waals surface area contributed by atoms with E-state index in [1.165, 1.54) is 12.8 Å². The third kappa shape index (κ3) is 9.70. The number of nitrogens with zero attached hydrogens (tertiary/aromatic N) is 4. The van der Waals surface area contributed by atoms with E-state index >= 15 is 0 Å². The second-order valence-corrected chi connectivity index (χ2v) is 9.60. The Morgan fingerprint density at radius 3 is 2.36 bits per heavy atom. The average molecular weight is 577 g/mol. The molecule has 2 N–H and O–H groups in total. The van der Waals surface area contributed by atoms with E-state index in [2.05, 4.69) is 44.3 Å².